The smallest absolute Gasteiger partial charge is 0.239 e. The molecule has 4 heteroatoms. The molecule has 0 spiro atoms. The summed E-state index contributed by atoms with van der Waals surface area (Å²) < 4.78 is 18.8. The number of amides is 1. The number of anilines is 1. The molecule has 0 saturated heterocycles. The maximum absolute atomic E-state index is 13.7. The lowest BCUT2D eigenvalue weighted by Crippen LogP contribution is -2.31. The van der Waals surface area contributed by atoms with E-state index in [9.17, 15) is 9.18 Å². The minimum absolute atomic E-state index is 0.0308. The van der Waals surface area contributed by atoms with Crippen LogP contribution in [0, 0.1) is 29.5 Å². The van der Waals surface area contributed by atoms with Crippen molar-refractivity contribution in [3.05, 3.63) is 24.0 Å². The van der Waals surface area contributed by atoms with Crippen LogP contribution < -0.4 is 9.64 Å². The van der Waals surface area contributed by atoms with Crippen LogP contribution in [0.25, 0.3) is 0 Å². The van der Waals surface area contributed by atoms with Gasteiger partial charge in [0.1, 0.15) is 0 Å². The highest BCUT2D eigenvalue weighted by Crippen LogP contribution is 2.31. The molecule has 0 heterocycles. The van der Waals surface area contributed by atoms with E-state index in [0.717, 1.165) is 0 Å². The Morgan fingerprint density at radius 1 is 1.30 bits per heavy atom. The van der Waals surface area contributed by atoms with E-state index < -0.39 is 5.82 Å². The summed E-state index contributed by atoms with van der Waals surface area (Å²) in [7, 11) is 1.36. The fourth-order valence-electron chi connectivity index (χ4n) is 1.64. The van der Waals surface area contributed by atoms with Crippen LogP contribution in [0.15, 0.2) is 18.2 Å². The molecule has 0 saturated carbocycles. The summed E-state index contributed by atoms with van der Waals surface area (Å²) in [6.45, 7) is 3.50. The summed E-state index contributed by atoms with van der Waals surface area (Å²) in [5, 5.41) is 0. The molecule has 104 valence electrons. The Kier molecular flexibility index (Phi) is 6.13. The van der Waals surface area contributed by atoms with E-state index in [1.54, 1.807) is 19.9 Å². The van der Waals surface area contributed by atoms with Gasteiger partial charge in [0.25, 0.3) is 0 Å². The molecule has 0 fully saturated rings. The Labute approximate surface area is 118 Å². The second-order valence-electron chi connectivity index (χ2n) is 3.80. The molecular weight excluding hydrogens is 257 g/mol. The monoisotopic (exact) mass is 273 g/mol. The number of nitrogens with zero attached hydrogens (tertiary/aromatic N) is 1. The summed E-state index contributed by atoms with van der Waals surface area (Å²) in [6.07, 6.45) is 0.0571. The molecule has 0 atom stereocenters. The highest BCUT2D eigenvalue weighted by Gasteiger charge is 2.20. The first-order chi connectivity index (χ1) is 9.65. The number of ether oxygens (including phenoxy) is 1. The molecule has 1 rings (SSSR count). The second kappa shape index (κ2) is 7.86. The standard InChI is InChI=1S/C16H16FNO2/c1-4-6-11-15(19)18(12-7-5-2)14-10-8-9-13(17)16(14)20-3/h8-10H,11-12H2,1-3H3. The van der Waals surface area contributed by atoms with Gasteiger partial charge >= 0.3 is 0 Å². The second-order valence-corrected chi connectivity index (χ2v) is 3.80. The van der Waals surface area contributed by atoms with Gasteiger partial charge in [-0.15, -0.1) is 11.8 Å². The zero-order valence-corrected chi connectivity index (χ0v) is 11.8. The Hall–Kier alpha value is -2.46. The van der Waals surface area contributed by atoms with Crippen LogP contribution in [0.5, 0.6) is 5.75 Å². The van der Waals surface area contributed by atoms with Crippen LogP contribution in [-0.2, 0) is 4.79 Å². The number of methoxy groups -OCH3 is 1. The molecule has 0 unspecified atom stereocenters. The van der Waals surface area contributed by atoms with Crippen LogP contribution >= 0.6 is 0 Å². The maximum Gasteiger partial charge on any atom is 0.239 e. The van der Waals surface area contributed by atoms with Crippen molar-refractivity contribution in [1.29, 1.82) is 0 Å². The topological polar surface area (TPSA) is 29.5 Å². The number of hydrogen-bond donors (Lipinski definition) is 0. The van der Waals surface area contributed by atoms with Gasteiger partial charge in [-0.3, -0.25) is 9.69 Å². The average molecular weight is 273 g/mol. The minimum Gasteiger partial charge on any atom is -0.492 e. The molecule has 0 aliphatic carbocycles. The van der Waals surface area contributed by atoms with Gasteiger partial charge in [0.2, 0.25) is 5.91 Å². The van der Waals surface area contributed by atoms with Crippen LogP contribution in [0.4, 0.5) is 10.1 Å². The van der Waals surface area contributed by atoms with Gasteiger partial charge in [0, 0.05) is 0 Å². The summed E-state index contributed by atoms with van der Waals surface area (Å²) in [6, 6.07) is 4.43. The first-order valence-electron chi connectivity index (χ1n) is 6.07. The van der Waals surface area contributed by atoms with Crippen molar-refractivity contribution in [3.8, 4) is 29.4 Å². The zero-order chi connectivity index (χ0) is 15.0. The van der Waals surface area contributed by atoms with Crippen molar-refractivity contribution >= 4 is 11.6 Å². The first-order valence-corrected chi connectivity index (χ1v) is 6.07. The third kappa shape index (κ3) is 3.76. The van der Waals surface area contributed by atoms with Crippen LogP contribution in [0.3, 0.4) is 0 Å². The highest BCUT2D eigenvalue weighted by molar-refractivity contribution is 5.96. The lowest BCUT2D eigenvalue weighted by Gasteiger charge is -2.22. The molecular formula is C16H16FNO2. The lowest BCUT2D eigenvalue weighted by molar-refractivity contribution is -0.117. The third-order valence-electron chi connectivity index (χ3n) is 2.57. The third-order valence-corrected chi connectivity index (χ3v) is 2.57. The predicted molar refractivity (Wildman–Crippen MR) is 76.8 cm³/mol. The van der Waals surface area contributed by atoms with Crippen molar-refractivity contribution in [2.45, 2.75) is 20.3 Å². The molecule has 20 heavy (non-hydrogen) atoms. The predicted octanol–water partition coefficient (Wildman–Crippen LogP) is 2.60. The van der Waals surface area contributed by atoms with E-state index in [4.69, 9.17) is 4.74 Å². The first kappa shape index (κ1) is 15.6. The minimum atomic E-state index is -0.520. The number of hydrogen-bond acceptors (Lipinski definition) is 2. The van der Waals surface area contributed by atoms with E-state index in [1.165, 1.54) is 24.1 Å². The Morgan fingerprint density at radius 3 is 2.60 bits per heavy atom. The van der Waals surface area contributed by atoms with Gasteiger partial charge in [-0.2, -0.15) is 0 Å². The lowest BCUT2D eigenvalue weighted by atomic mass is 10.2. The normalized spacial score (nSPS) is 8.80. The molecule has 0 aromatic heterocycles. The quantitative estimate of drug-likeness (QED) is 0.789. The van der Waals surface area contributed by atoms with Crippen LogP contribution in [0.1, 0.15) is 20.3 Å². The number of para-hydroxylation sites is 1. The van der Waals surface area contributed by atoms with Gasteiger partial charge in [-0.1, -0.05) is 17.9 Å². The van der Waals surface area contributed by atoms with E-state index in [-0.39, 0.29) is 24.6 Å². The number of halogens is 1. The molecule has 1 aromatic rings. The molecule has 1 amide bonds. The summed E-state index contributed by atoms with van der Waals surface area (Å²) in [5.74, 6) is 10.2. The van der Waals surface area contributed by atoms with Gasteiger partial charge in [-0.25, -0.2) is 4.39 Å². The number of benzene rings is 1. The highest BCUT2D eigenvalue weighted by atomic mass is 19.1. The summed E-state index contributed by atoms with van der Waals surface area (Å²) in [5.41, 5.74) is 0.359. The molecule has 0 aliphatic heterocycles. The fourth-order valence-corrected chi connectivity index (χ4v) is 1.64. The van der Waals surface area contributed by atoms with Gasteiger partial charge in [0.15, 0.2) is 11.6 Å². The Balaban J connectivity index is 3.20. The van der Waals surface area contributed by atoms with Crippen molar-refractivity contribution in [2.75, 3.05) is 18.6 Å². The van der Waals surface area contributed by atoms with E-state index in [2.05, 4.69) is 23.7 Å². The summed E-state index contributed by atoms with van der Waals surface area (Å²) in [4.78, 5) is 13.5. The molecule has 0 bridgehead atoms. The van der Waals surface area contributed by atoms with Crippen LogP contribution in [-0.4, -0.2) is 19.6 Å². The molecule has 3 nitrogen and oxygen atoms in total. The molecule has 0 N–H and O–H groups in total. The summed E-state index contributed by atoms with van der Waals surface area (Å²) >= 11 is 0. The number of carbonyl (C=O) groups is 1. The number of rotatable bonds is 4. The van der Waals surface area contributed by atoms with Gasteiger partial charge in [0.05, 0.1) is 25.8 Å². The van der Waals surface area contributed by atoms with Crippen molar-refractivity contribution in [3.63, 3.8) is 0 Å². The SMILES string of the molecule is CC#CCC(=O)N(CC#CC)c1cccc(F)c1OC. The Bertz CT molecular complexity index is 602. The largest absolute Gasteiger partial charge is 0.492 e. The van der Waals surface area contributed by atoms with Crippen molar-refractivity contribution < 1.29 is 13.9 Å². The molecule has 0 aliphatic rings. The van der Waals surface area contributed by atoms with Crippen molar-refractivity contribution in [1.82, 2.24) is 0 Å². The number of carbonyl (C=O) groups excluding carboxylic acids is 1. The maximum atomic E-state index is 13.7. The van der Waals surface area contributed by atoms with Gasteiger partial charge < -0.3 is 4.74 Å². The van der Waals surface area contributed by atoms with Crippen molar-refractivity contribution in [2.24, 2.45) is 0 Å². The van der Waals surface area contributed by atoms with Crippen LogP contribution in [0.2, 0.25) is 0 Å². The fraction of sp³-hybridized carbons (Fsp3) is 0.312. The zero-order valence-electron chi connectivity index (χ0n) is 11.8. The molecule has 1 aromatic carbocycles. The van der Waals surface area contributed by atoms with E-state index in [0.29, 0.717) is 5.69 Å². The Morgan fingerprint density at radius 2 is 2.00 bits per heavy atom. The average Bonchev–Trinajstić information content (AvgIpc) is 2.45. The van der Waals surface area contributed by atoms with Gasteiger partial charge in [-0.05, 0) is 26.0 Å². The van der Waals surface area contributed by atoms with E-state index >= 15 is 0 Å². The van der Waals surface area contributed by atoms with E-state index in [1.807, 2.05) is 0 Å². The molecule has 0 radical (unpaired) electrons.